The van der Waals surface area contributed by atoms with Crippen molar-refractivity contribution in [3.8, 4) is 0 Å². The summed E-state index contributed by atoms with van der Waals surface area (Å²) in [5, 5.41) is 0. The van der Waals surface area contributed by atoms with Crippen molar-refractivity contribution in [2.24, 2.45) is 34.6 Å². The minimum atomic E-state index is 0.724. The van der Waals surface area contributed by atoms with Gasteiger partial charge in [-0.05, 0) is 85.3 Å². The van der Waals surface area contributed by atoms with Gasteiger partial charge in [-0.1, -0.05) is 57.4 Å². The number of benzene rings is 1. The van der Waals surface area contributed by atoms with Crippen LogP contribution in [0.3, 0.4) is 0 Å². The quantitative estimate of drug-likeness (QED) is 0.498. The molecular formula is C26H37N. The Labute approximate surface area is 166 Å². The maximum absolute atomic E-state index is 4.67. The Bertz CT molecular complexity index is 699. The van der Waals surface area contributed by atoms with Gasteiger partial charge < -0.3 is 0 Å². The third-order valence-corrected chi connectivity index (χ3v) is 7.42. The number of aliphatic imine (C=N–C) groups is 1. The molecule has 1 heterocycles. The predicted octanol–water partition coefficient (Wildman–Crippen LogP) is 6.93. The van der Waals surface area contributed by atoms with E-state index < -0.39 is 0 Å². The van der Waals surface area contributed by atoms with Gasteiger partial charge in [-0.15, -0.1) is 0 Å². The molecule has 0 aromatic heterocycles. The van der Waals surface area contributed by atoms with Crippen molar-refractivity contribution in [3.05, 3.63) is 46.7 Å². The van der Waals surface area contributed by atoms with Gasteiger partial charge in [0.15, 0.2) is 0 Å². The summed E-state index contributed by atoms with van der Waals surface area (Å²) in [5.41, 5.74) is 5.93. The molecule has 0 spiro atoms. The van der Waals surface area contributed by atoms with Crippen molar-refractivity contribution in [2.45, 2.75) is 78.6 Å². The van der Waals surface area contributed by atoms with Crippen molar-refractivity contribution >= 4 is 6.21 Å². The van der Waals surface area contributed by atoms with Crippen LogP contribution in [-0.2, 0) is 12.8 Å². The van der Waals surface area contributed by atoms with E-state index in [1.165, 1.54) is 62.6 Å². The first kappa shape index (κ1) is 19.0. The minimum absolute atomic E-state index is 0.724. The van der Waals surface area contributed by atoms with E-state index >= 15 is 0 Å². The SMILES string of the molecule is Cc1ccc(CC(CC2=CCC=N2)C2C[C@H]3CCC[C@H]3C2)cc1CC(C)C. The Morgan fingerprint density at radius 1 is 1.04 bits per heavy atom. The standard InChI is InChI=1S/C26H37N/c1-18(2)12-23-13-20(10-9-19(23)3)14-24(17-26-8-5-11-27-26)25-15-21-6-4-7-22(21)16-25/h8-11,13,18,21-22,24-25H,4-7,12,14-17H2,1-3H3/t21-,22+,24?,25?. The molecule has 1 aromatic carbocycles. The maximum atomic E-state index is 4.67. The van der Waals surface area contributed by atoms with Gasteiger partial charge in [0.2, 0.25) is 0 Å². The van der Waals surface area contributed by atoms with Crippen LogP contribution in [0.2, 0.25) is 0 Å². The van der Waals surface area contributed by atoms with Gasteiger partial charge in [0, 0.05) is 18.3 Å². The van der Waals surface area contributed by atoms with Crippen molar-refractivity contribution in [2.75, 3.05) is 0 Å². The average Bonchev–Trinajstić information content (AvgIpc) is 3.33. The molecule has 4 rings (SSSR count). The van der Waals surface area contributed by atoms with Crippen LogP contribution in [0.4, 0.5) is 0 Å². The van der Waals surface area contributed by atoms with E-state index in [9.17, 15) is 0 Å². The first-order valence-corrected chi connectivity index (χ1v) is 11.4. The summed E-state index contributed by atoms with van der Waals surface area (Å²) in [4.78, 5) is 4.67. The monoisotopic (exact) mass is 363 g/mol. The molecule has 0 amide bonds. The summed E-state index contributed by atoms with van der Waals surface area (Å²) in [5.74, 6) is 4.47. The van der Waals surface area contributed by atoms with Gasteiger partial charge in [-0.3, -0.25) is 4.99 Å². The molecule has 3 aliphatic rings. The van der Waals surface area contributed by atoms with Gasteiger partial charge in [0.1, 0.15) is 0 Å². The second kappa shape index (κ2) is 8.33. The Kier molecular flexibility index (Phi) is 5.85. The highest BCUT2D eigenvalue weighted by atomic mass is 14.7. The molecule has 1 aromatic rings. The van der Waals surface area contributed by atoms with E-state index in [0.717, 1.165) is 36.0 Å². The van der Waals surface area contributed by atoms with Crippen LogP contribution in [0.25, 0.3) is 0 Å². The highest BCUT2D eigenvalue weighted by Gasteiger charge is 2.40. The predicted molar refractivity (Wildman–Crippen MR) is 116 cm³/mol. The summed E-state index contributed by atoms with van der Waals surface area (Å²) in [7, 11) is 0. The lowest BCUT2D eigenvalue weighted by Crippen LogP contribution is -2.17. The van der Waals surface area contributed by atoms with E-state index in [0.29, 0.717) is 0 Å². The summed E-state index contributed by atoms with van der Waals surface area (Å²) in [6, 6.07) is 7.28. The van der Waals surface area contributed by atoms with Crippen LogP contribution >= 0.6 is 0 Å². The zero-order valence-corrected chi connectivity index (χ0v) is 17.6. The highest BCUT2D eigenvalue weighted by Crippen LogP contribution is 2.50. The molecule has 4 atom stereocenters. The summed E-state index contributed by atoms with van der Waals surface area (Å²) >= 11 is 0. The van der Waals surface area contributed by atoms with Crippen molar-refractivity contribution in [1.82, 2.24) is 0 Å². The van der Waals surface area contributed by atoms with E-state index in [-0.39, 0.29) is 0 Å². The Morgan fingerprint density at radius 2 is 1.81 bits per heavy atom. The molecule has 1 nitrogen and oxygen atoms in total. The van der Waals surface area contributed by atoms with Gasteiger partial charge in [-0.2, -0.15) is 0 Å². The van der Waals surface area contributed by atoms with Gasteiger partial charge in [0.25, 0.3) is 0 Å². The molecule has 2 aliphatic carbocycles. The van der Waals surface area contributed by atoms with Gasteiger partial charge in [0.05, 0.1) is 0 Å². The van der Waals surface area contributed by atoms with Crippen LogP contribution in [0, 0.1) is 36.5 Å². The Hall–Kier alpha value is -1.37. The third-order valence-electron chi connectivity index (χ3n) is 7.42. The van der Waals surface area contributed by atoms with E-state index in [4.69, 9.17) is 0 Å². The zero-order chi connectivity index (χ0) is 18.8. The molecule has 1 aliphatic heterocycles. The number of fused-ring (bicyclic) bond motifs is 1. The first-order chi connectivity index (χ1) is 13.1. The Morgan fingerprint density at radius 3 is 2.48 bits per heavy atom. The molecule has 2 saturated carbocycles. The number of allylic oxidation sites excluding steroid dienone is 2. The van der Waals surface area contributed by atoms with Crippen molar-refractivity contribution in [3.63, 3.8) is 0 Å². The minimum Gasteiger partial charge on any atom is -0.266 e. The summed E-state index contributed by atoms with van der Waals surface area (Å²) < 4.78 is 0. The maximum Gasteiger partial charge on any atom is 0.0366 e. The number of hydrogen-bond acceptors (Lipinski definition) is 1. The summed E-state index contributed by atoms with van der Waals surface area (Å²) in [6.07, 6.45) is 16.6. The third kappa shape index (κ3) is 4.55. The second-order valence-electron chi connectivity index (χ2n) is 9.95. The number of nitrogens with zero attached hydrogens (tertiary/aromatic N) is 1. The topological polar surface area (TPSA) is 12.4 Å². The number of aryl methyl sites for hydroxylation is 1. The molecule has 27 heavy (non-hydrogen) atoms. The summed E-state index contributed by atoms with van der Waals surface area (Å²) in [6.45, 7) is 6.93. The van der Waals surface area contributed by atoms with E-state index in [1.54, 1.807) is 11.1 Å². The van der Waals surface area contributed by atoms with Crippen molar-refractivity contribution < 1.29 is 0 Å². The van der Waals surface area contributed by atoms with Crippen molar-refractivity contribution in [1.29, 1.82) is 0 Å². The van der Waals surface area contributed by atoms with Crippen LogP contribution in [-0.4, -0.2) is 6.21 Å². The molecule has 2 unspecified atom stereocenters. The van der Waals surface area contributed by atoms with E-state index in [1.807, 2.05) is 0 Å². The smallest absolute Gasteiger partial charge is 0.0366 e. The second-order valence-corrected chi connectivity index (χ2v) is 9.95. The first-order valence-electron chi connectivity index (χ1n) is 11.4. The molecule has 1 heteroatoms. The van der Waals surface area contributed by atoms with Gasteiger partial charge >= 0.3 is 0 Å². The van der Waals surface area contributed by atoms with Crippen LogP contribution < -0.4 is 0 Å². The molecular weight excluding hydrogens is 326 g/mol. The molecule has 0 saturated heterocycles. The fourth-order valence-corrected chi connectivity index (χ4v) is 6.03. The van der Waals surface area contributed by atoms with Crippen LogP contribution in [0.15, 0.2) is 35.0 Å². The molecule has 146 valence electrons. The molecule has 0 bridgehead atoms. The van der Waals surface area contributed by atoms with Crippen LogP contribution in [0.1, 0.15) is 75.5 Å². The Balaban J connectivity index is 1.51. The fraction of sp³-hybridized carbons (Fsp3) is 0.654. The molecule has 0 N–H and O–H groups in total. The number of rotatable bonds is 7. The lowest BCUT2D eigenvalue weighted by Gasteiger charge is -2.25. The molecule has 0 radical (unpaired) electrons. The average molecular weight is 364 g/mol. The zero-order valence-electron chi connectivity index (χ0n) is 17.6. The van der Waals surface area contributed by atoms with E-state index in [2.05, 4.69) is 56.3 Å². The fourth-order valence-electron chi connectivity index (χ4n) is 6.03. The largest absolute Gasteiger partial charge is 0.266 e. The highest BCUT2D eigenvalue weighted by molar-refractivity contribution is 5.64. The molecule has 2 fully saturated rings. The lowest BCUT2D eigenvalue weighted by atomic mass is 9.80. The normalized spacial score (nSPS) is 28.0. The van der Waals surface area contributed by atoms with Gasteiger partial charge in [-0.25, -0.2) is 0 Å². The van der Waals surface area contributed by atoms with Crippen LogP contribution in [0.5, 0.6) is 0 Å². The number of hydrogen-bond donors (Lipinski definition) is 0. The lowest BCUT2D eigenvalue weighted by molar-refractivity contribution is 0.313.